The Kier molecular flexibility index (Phi) is 5.21. The largest absolute Gasteiger partial charge is 0.404 e. The van der Waals surface area contributed by atoms with E-state index in [1.54, 1.807) is 13.1 Å². The first-order valence-electron chi connectivity index (χ1n) is 8.95. The lowest BCUT2D eigenvalue weighted by atomic mass is 9.94. The second kappa shape index (κ2) is 7.56. The molecule has 6 nitrogen and oxygen atoms in total. The molecule has 2 heterocycles. The highest BCUT2D eigenvalue weighted by Gasteiger charge is 2.28. The SMILES string of the molecule is CN/C(N)=C/C(=C\N)C(=O)N1CCCC(c2cc3ccccc3n2C)C1. The fourth-order valence-electron chi connectivity index (χ4n) is 3.71. The summed E-state index contributed by atoms with van der Waals surface area (Å²) < 4.78 is 2.24. The van der Waals surface area contributed by atoms with Crippen molar-refractivity contribution in [2.75, 3.05) is 20.1 Å². The van der Waals surface area contributed by atoms with E-state index < -0.39 is 0 Å². The number of rotatable bonds is 4. The summed E-state index contributed by atoms with van der Waals surface area (Å²) in [6.45, 7) is 1.43. The summed E-state index contributed by atoms with van der Waals surface area (Å²) in [4.78, 5) is 14.7. The Morgan fingerprint density at radius 3 is 2.81 bits per heavy atom. The molecule has 1 aliphatic rings. The van der Waals surface area contributed by atoms with Crippen molar-refractivity contribution in [2.24, 2.45) is 18.5 Å². The van der Waals surface area contributed by atoms with Gasteiger partial charge in [-0.1, -0.05) is 18.2 Å². The molecule has 6 heteroatoms. The van der Waals surface area contributed by atoms with Gasteiger partial charge in [0.1, 0.15) is 0 Å². The Morgan fingerprint density at radius 2 is 2.12 bits per heavy atom. The molecule has 1 aromatic carbocycles. The molecular weight excluding hydrogens is 326 g/mol. The molecular formula is C20H27N5O. The van der Waals surface area contributed by atoms with Crippen LogP contribution in [0.1, 0.15) is 24.5 Å². The van der Waals surface area contributed by atoms with Crippen LogP contribution in [0.3, 0.4) is 0 Å². The van der Waals surface area contributed by atoms with Crippen LogP contribution >= 0.6 is 0 Å². The van der Waals surface area contributed by atoms with Crippen LogP contribution in [0.15, 0.2) is 54.0 Å². The molecule has 0 saturated carbocycles. The number of fused-ring (bicyclic) bond motifs is 1. The third kappa shape index (κ3) is 3.40. The van der Waals surface area contributed by atoms with Gasteiger partial charge >= 0.3 is 0 Å². The number of piperidine rings is 1. The highest BCUT2D eigenvalue weighted by atomic mass is 16.2. The predicted octanol–water partition coefficient (Wildman–Crippen LogP) is 1.75. The van der Waals surface area contributed by atoms with Gasteiger partial charge in [0, 0.05) is 50.5 Å². The van der Waals surface area contributed by atoms with Crippen molar-refractivity contribution in [2.45, 2.75) is 18.8 Å². The maximum absolute atomic E-state index is 12.9. The van der Waals surface area contributed by atoms with Gasteiger partial charge in [-0.05, 0) is 36.4 Å². The van der Waals surface area contributed by atoms with E-state index in [0.717, 1.165) is 19.4 Å². The molecule has 1 saturated heterocycles. The Labute approximate surface area is 154 Å². The van der Waals surface area contributed by atoms with Gasteiger partial charge in [-0.2, -0.15) is 0 Å². The Hall–Kier alpha value is -2.89. The Morgan fingerprint density at radius 1 is 1.35 bits per heavy atom. The van der Waals surface area contributed by atoms with Gasteiger partial charge < -0.3 is 26.3 Å². The second-order valence-corrected chi connectivity index (χ2v) is 6.75. The van der Waals surface area contributed by atoms with Crippen molar-refractivity contribution in [1.82, 2.24) is 14.8 Å². The van der Waals surface area contributed by atoms with E-state index >= 15 is 0 Å². The van der Waals surface area contributed by atoms with Crippen LogP contribution in [0, 0.1) is 0 Å². The maximum atomic E-state index is 12.9. The third-order valence-electron chi connectivity index (χ3n) is 5.14. The minimum atomic E-state index is -0.0748. The van der Waals surface area contributed by atoms with E-state index in [0.29, 0.717) is 23.9 Å². The lowest BCUT2D eigenvalue weighted by Crippen LogP contribution is -2.40. The van der Waals surface area contributed by atoms with Crippen LogP contribution < -0.4 is 16.8 Å². The van der Waals surface area contributed by atoms with Gasteiger partial charge in [-0.15, -0.1) is 0 Å². The molecule has 1 unspecified atom stereocenters. The second-order valence-electron chi connectivity index (χ2n) is 6.75. The van der Waals surface area contributed by atoms with Crippen molar-refractivity contribution >= 4 is 16.8 Å². The average Bonchev–Trinajstić information content (AvgIpc) is 3.02. The van der Waals surface area contributed by atoms with Crippen molar-refractivity contribution < 1.29 is 4.79 Å². The molecule has 0 radical (unpaired) electrons. The van der Waals surface area contributed by atoms with Gasteiger partial charge in [0.25, 0.3) is 5.91 Å². The molecule has 1 atom stereocenters. The van der Waals surface area contributed by atoms with Crippen LogP contribution in [-0.4, -0.2) is 35.5 Å². The van der Waals surface area contributed by atoms with E-state index in [2.05, 4.69) is 47.3 Å². The summed E-state index contributed by atoms with van der Waals surface area (Å²) in [6.07, 6.45) is 4.96. The number of nitrogens with two attached hydrogens (primary N) is 2. The van der Waals surface area contributed by atoms with Crippen molar-refractivity contribution in [3.8, 4) is 0 Å². The molecule has 0 bridgehead atoms. The summed E-state index contributed by atoms with van der Waals surface area (Å²) in [5.41, 5.74) is 14.3. The van der Waals surface area contributed by atoms with E-state index in [-0.39, 0.29) is 5.91 Å². The van der Waals surface area contributed by atoms with Crippen molar-refractivity contribution in [1.29, 1.82) is 0 Å². The Bertz CT molecular complexity index is 864. The highest BCUT2D eigenvalue weighted by molar-refractivity contribution is 5.96. The third-order valence-corrected chi connectivity index (χ3v) is 5.14. The maximum Gasteiger partial charge on any atom is 0.255 e. The van der Waals surface area contributed by atoms with E-state index in [9.17, 15) is 4.79 Å². The molecule has 26 heavy (non-hydrogen) atoms. The average molecular weight is 353 g/mol. The number of aryl methyl sites for hydroxylation is 1. The minimum absolute atomic E-state index is 0.0748. The molecule has 2 aromatic rings. The van der Waals surface area contributed by atoms with Crippen molar-refractivity contribution in [3.05, 3.63) is 59.7 Å². The molecule has 138 valence electrons. The topological polar surface area (TPSA) is 89.3 Å². The highest BCUT2D eigenvalue weighted by Crippen LogP contribution is 2.31. The number of carbonyl (C=O) groups is 1. The molecule has 1 amide bonds. The number of carbonyl (C=O) groups excluding carboxylic acids is 1. The summed E-state index contributed by atoms with van der Waals surface area (Å²) >= 11 is 0. The molecule has 1 aromatic heterocycles. The zero-order valence-corrected chi connectivity index (χ0v) is 15.4. The first kappa shape index (κ1) is 17.9. The fourth-order valence-corrected chi connectivity index (χ4v) is 3.71. The van der Waals surface area contributed by atoms with E-state index in [1.165, 1.54) is 22.8 Å². The summed E-state index contributed by atoms with van der Waals surface area (Å²) in [6, 6.07) is 10.6. The summed E-state index contributed by atoms with van der Waals surface area (Å²) in [5.74, 6) is 0.654. The quantitative estimate of drug-likeness (QED) is 0.577. The van der Waals surface area contributed by atoms with E-state index in [1.807, 2.05) is 4.90 Å². The van der Waals surface area contributed by atoms with E-state index in [4.69, 9.17) is 11.5 Å². The number of likely N-dealkylation sites (tertiary alicyclic amines) is 1. The van der Waals surface area contributed by atoms with Crippen LogP contribution in [0.4, 0.5) is 0 Å². The van der Waals surface area contributed by atoms with Gasteiger partial charge in [-0.25, -0.2) is 0 Å². The van der Waals surface area contributed by atoms with Gasteiger partial charge in [0.2, 0.25) is 0 Å². The number of para-hydroxylation sites is 1. The summed E-state index contributed by atoms with van der Waals surface area (Å²) in [7, 11) is 3.81. The van der Waals surface area contributed by atoms with Crippen LogP contribution in [0.2, 0.25) is 0 Å². The number of nitrogens with one attached hydrogen (secondary N) is 1. The smallest absolute Gasteiger partial charge is 0.255 e. The normalized spacial score (nSPS) is 19.0. The van der Waals surface area contributed by atoms with Crippen LogP contribution in [0.25, 0.3) is 10.9 Å². The number of nitrogens with zero attached hydrogens (tertiary/aromatic N) is 2. The van der Waals surface area contributed by atoms with Gasteiger partial charge in [-0.3, -0.25) is 4.79 Å². The lowest BCUT2D eigenvalue weighted by molar-refractivity contribution is -0.128. The molecule has 1 aliphatic heterocycles. The van der Waals surface area contributed by atoms with Gasteiger partial charge in [0.05, 0.1) is 11.4 Å². The zero-order valence-electron chi connectivity index (χ0n) is 15.4. The van der Waals surface area contributed by atoms with Crippen molar-refractivity contribution in [3.63, 3.8) is 0 Å². The molecule has 3 rings (SSSR count). The molecule has 0 spiro atoms. The number of hydrogen-bond donors (Lipinski definition) is 3. The standard InChI is InChI=1S/C20H27N5O/c1-23-19(22)11-16(12-21)20(26)25-9-5-7-15(13-25)18-10-14-6-3-4-8-17(14)24(18)2/h3-4,6,8,10-12,15,23H,5,7,9,13,21-22H2,1-2H3/b16-12+,19-11+. The Balaban J connectivity index is 1.82. The predicted molar refractivity (Wildman–Crippen MR) is 105 cm³/mol. The number of aromatic nitrogens is 1. The first-order chi connectivity index (χ1) is 12.5. The molecule has 0 aliphatic carbocycles. The van der Waals surface area contributed by atoms with Crippen LogP contribution in [0.5, 0.6) is 0 Å². The molecule has 5 N–H and O–H groups in total. The number of hydrogen-bond acceptors (Lipinski definition) is 4. The fraction of sp³-hybridized carbons (Fsp3) is 0.350. The molecule has 1 fully saturated rings. The van der Waals surface area contributed by atoms with Crippen LogP contribution in [-0.2, 0) is 11.8 Å². The number of amides is 1. The first-order valence-corrected chi connectivity index (χ1v) is 8.95. The zero-order chi connectivity index (χ0) is 18.7. The van der Waals surface area contributed by atoms with Gasteiger partial charge in [0.15, 0.2) is 0 Å². The monoisotopic (exact) mass is 353 g/mol. The lowest BCUT2D eigenvalue weighted by Gasteiger charge is -2.33. The number of benzene rings is 1. The minimum Gasteiger partial charge on any atom is -0.404 e. The summed E-state index contributed by atoms with van der Waals surface area (Å²) in [5, 5.41) is 4.05.